The lowest BCUT2D eigenvalue weighted by Crippen LogP contribution is -2.05. The molecular formula is C19H18N6O2. The standard InChI is InChI=1S/C19H18N6O2/c1-11(2)25-17-10-13(7-8-16(17)22-24-25)18-21-19(27-23-18)14-5-4-6-15(9-14)20-12(3)26/h4-11H,1-3H3,(H,20,26). The zero-order chi connectivity index (χ0) is 19.0. The molecule has 0 atom stereocenters. The maximum atomic E-state index is 11.2. The van der Waals surface area contributed by atoms with Gasteiger partial charge in [0.05, 0.1) is 5.52 Å². The van der Waals surface area contributed by atoms with Crippen LogP contribution in [0.4, 0.5) is 5.69 Å². The fourth-order valence-electron chi connectivity index (χ4n) is 2.85. The van der Waals surface area contributed by atoms with Crippen LogP contribution in [0.25, 0.3) is 33.9 Å². The molecule has 27 heavy (non-hydrogen) atoms. The van der Waals surface area contributed by atoms with Gasteiger partial charge in [0, 0.05) is 29.8 Å². The van der Waals surface area contributed by atoms with Crippen molar-refractivity contribution in [1.82, 2.24) is 25.1 Å². The molecule has 0 saturated carbocycles. The van der Waals surface area contributed by atoms with E-state index in [4.69, 9.17) is 4.52 Å². The molecule has 2 heterocycles. The third kappa shape index (κ3) is 3.29. The van der Waals surface area contributed by atoms with E-state index in [0.717, 1.165) is 22.2 Å². The van der Waals surface area contributed by atoms with Gasteiger partial charge in [-0.15, -0.1) is 5.10 Å². The Balaban J connectivity index is 1.69. The molecule has 0 unspecified atom stereocenters. The van der Waals surface area contributed by atoms with Gasteiger partial charge in [0.15, 0.2) is 0 Å². The first-order chi connectivity index (χ1) is 13.0. The number of carbonyl (C=O) groups excluding carboxylic acids is 1. The van der Waals surface area contributed by atoms with Crippen LogP contribution in [0.1, 0.15) is 26.8 Å². The summed E-state index contributed by atoms with van der Waals surface area (Å²) in [6.45, 7) is 5.56. The van der Waals surface area contributed by atoms with E-state index in [9.17, 15) is 4.79 Å². The highest BCUT2D eigenvalue weighted by atomic mass is 16.5. The Bertz CT molecular complexity index is 1130. The maximum Gasteiger partial charge on any atom is 0.258 e. The highest BCUT2D eigenvalue weighted by Gasteiger charge is 2.14. The van der Waals surface area contributed by atoms with Crippen LogP contribution >= 0.6 is 0 Å². The fraction of sp³-hybridized carbons (Fsp3) is 0.211. The van der Waals surface area contributed by atoms with Crippen LogP contribution in [0.3, 0.4) is 0 Å². The minimum Gasteiger partial charge on any atom is -0.334 e. The van der Waals surface area contributed by atoms with E-state index in [1.807, 2.05) is 35.0 Å². The van der Waals surface area contributed by atoms with Crippen molar-refractivity contribution in [2.45, 2.75) is 26.8 Å². The van der Waals surface area contributed by atoms with Crippen molar-refractivity contribution in [1.29, 1.82) is 0 Å². The lowest BCUT2D eigenvalue weighted by atomic mass is 10.1. The van der Waals surface area contributed by atoms with Gasteiger partial charge in [-0.05, 0) is 50.2 Å². The van der Waals surface area contributed by atoms with Crippen LogP contribution in [0.2, 0.25) is 0 Å². The molecule has 0 spiro atoms. The summed E-state index contributed by atoms with van der Waals surface area (Å²) in [6.07, 6.45) is 0. The van der Waals surface area contributed by atoms with Crippen molar-refractivity contribution in [2.75, 3.05) is 5.32 Å². The minimum absolute atomic E-state index is 0.137. The number of anilines is 1. The van der Waals surface area contributed by atoms with E-state index in [1.165, 1.54) is 6.92 Å². The minimum atomic E-state index is -0.137. The van der Waals surface area contributed by atoms with Gasteiger partial charge in [0.2, 0.25) is 11.7 Å². The highest BCUT2D eigenvalue weighted by Crippen LogP contribution is 2.26. The Kier molecular flexibility index (Phi) is 4.15. The zero-order valence-electron chi connectivity index (χ0n) is 15.2. The van der Waals surface area contributed by atoms with E-state index >= 15 is 0 Å². The number of fused-ring (bicyclic) bond motifs is 1. The molecule has 4 aromatic rings. The van der Waals surface area contributed by atoms with Gasteiger partial charge in [0.25, 0.3) is 5.89 Å². The van der Waals surface area contributed by atoms with Gasteiger partial charge >= 0.3 is 0 Å². The van der Waals surface area contributed by atoms with Crippen molar-refractivity contribution < 1.29 is 9.32 Å². The Morgan fingerprint density at radius 2 is 2.00 bits per heavy atom. The number of carbonyl (C=O) groups is 1. The molecule has 0 aliphatic heterocycles. The number of benzene rings is 2. The molecule has 0 aliphatic carbocycles. The van der Waals surface area contributed by atoms with Gasteiger partial charge in [0.1, 0.15) is 5.52 Å². The number of nitrogens with one attached hydrogen (secondary N) is 1. The van der Waals surface area contributed by atoms with E-state index < -0.39 is 0 Å². The molecule has 0 aliphatic rings. The maximum absolute atomic E-state index is 11.2. The zero-order valence-corrected chi connectivity index (χ0v) is 15.2. The van der Waals surface area contributed by atoms with Gasteiger partial charge in [-0.3, -0.25) is 4.79 Å². The van der Waals surface area contributed by atoms with Crippen molar-refractivity contribution in [3.8, 4) is 22.8 Å². The predicted molar refractivity (Wildman–Crippen MR) is 101 cm³/mol. The first kappa shape index (κ1) is 16.9. The van der Waals surface area contributed by atoms with Crippen LogP contribution in [0.5, 0.6) is 0 Å². The van der Waals surface area contributed by atoms with Crippen LogP contribution in [0.15, 0.2) is 47.0 Å². The summed E-state index contributed by atoms with van der Waals surface area (Å²) in [5.74, 6) is 0.725. The number of amides is 1. The third-order valence-electron chi connectivity index (χ3n) is 4.07. The van der Waals surface area contributed by atoms with Crippen LogP contribution in [0, 0.1) is 0 Å². The van der Waals surface area contributed by atoms with Gasteiger partial charge in [-0.25, -0.2) is 4.68 Å². The lowest BCUT2D eigenvalue weighted by molar-refractivity contribution is -0.114. The number of aromatic nitrogens is 5. The van der Waals surface area contributed by atoms with Gasteiger partial charge in [-0.2, -0.15) is 4.98 Å². The van der Waals surface area contributed by atoms with Crippen molar-refractivity contribution in [2.24, 2.45) is 0 Å². The first-order valence-corrected chi connectivity index (χ1v) is 8.58. The summed E-state index contributed by atoms with van der Waals surface area (Å²) in [4.78, 5) is 15.7. The average Bonchev–Trinajstić information content (AvgIpc) is 3.28. The summed E-state index contributed by atoms with van der Waals surface area (Å²) in [5.41, 5.74) is 3.96. The normalized spacial score (nSPS) is 11.3. The second-order valence-corrected chi connectivity index (χ2v) is 6.52. The molecule has 2 aromatic heterocycles. The smallest absolute Gasteiger partial charge is 0.258 e. The van der Waals surface area contributed by atoms with Crippen molar-refractivity contribution in [3.63, 3.8) is 0 Å². The lowest BCUT2D eigenvalue weighted by Gasteiger charge is -2.05. The fourth-order valence-corrected chi connectivity index (χ4v) is 2.85. The van der Waals surface area contributed by atoms with Gasteiger partial charge < -0.3 is 9.84 Å². The molecule has 4 rings (SSSR count). The monoisotopic (exact) mass is 362 g/mol. The van der Waals surface area contributed by atoms with E-state index in [0.29, 0.717) is 17.4 Å². The number of nitrogens with zero attached hydrogens (tertiary/aromatic N) is 5. The summed E-state index contributed by atoms with van der Waals surface area (Å²) in [5, 5.41) is 15.2. The van der Waals surface area contributed by atoms with E-state index in [2.05, 4.69) is 39.6 Å². The van der Waals surface area contributed by atoms with Crippen molar-refractivity contribution in [3.05, 3.63) is 42.5 Å². The summed E-state index contributed by atoms with van der Waals surface area (Å²) in [7, 11) is 0. The number of rotatable bonds is 4. The predicted octanol–water partition coefficient (Wildman–Crippen LogP) is 3.69. The molecule has 0 bridgehead atoms. The van der Waals surface area contributed by atoms with Crippen LogP contribution in [-0.4, -0.2) is 31.0 Å². The Morgan fingerprint density at radius 3 is 2.78 bits per heavy atom. The molecular weight excluding hydrogens is 344 g/mol. The molecule has 0 fully saturated rings. The van der Waals surface area contributed by atoms with Crippen LogP contribution < -0.4 is 5.32 Å². The number of hydrogen-bond acceptors (Lipinski definition) is 6. The molecule has 1 N–H and O–H groups in total. The molecule has 0 saturated heterocycles. The summed E-state index contributed by atoms with van der Waals surface area (Å²) >= 11 is 0. The first-order valence-electron chi connectivity index (χ1n) is 8.58. The summed E-state index contributed by atoms with van der Waals surface area (Å²) in [6, 6.07) is 13.2. The summed E-state index contributed by atoms with van der Waals surface area (Å²) < 4.78 is 7.28. The van der Waals surface area contributed by atoms with E-state index in [1.54, 1.807) is 12.1 Å². The van der Waals surface area contributed by atoms with Crippen LogP contribution in [-0.2, 0) is 4.79 Å². The Hall–Kier alpha value is -3.55. The highest BCUT2D eigenvalue weighted by molar-refractivity contribution is 5.89. The Labute approximate surface area is 155 Å². The second kappa shape index (κ2) is 6.64. The molecule has 1 amide bonds. The number of hydrogen-bond donors (Lipinski definition) is 1. The topological polar surface area (TPSA) is 98.7 Å². The Morgan fingerprint density at radius 1 is 1.15 bits per heavy atom. The molecule has 0 radical (unpaired) electrons. The molecule has 2 aromatic carbocycles. The quantitative estimate of drug-likeness (QED) is 0.594. The molecule has 8 nitrogen and oxygen atoms in total. The van der Waals surface area contributed by atoms with Gasteiger partial charge in [-0.1, -0.05) is 16.4 Å². The van der Waals surface area contributed by atoms with E-state index in [-0.39, 0.29) is 11.9 Å². The molecule has 8 heteroatoms. The second-order valence-electron chi connectivity index (χ2n) is 6.52. The largest absolute Gasteiger partial charge is 0.334 e. The molecule has 136 valence electrons. The SMILES string of the molecule is CC(=O)Nc1cccc(-c2nc(-c3ccc4nnn(C(C)C)c4c3)no2)c1. The average molecular weight is 362 g/mol. The third-order valence-corrected chi connectivity index (χ3v) is 4.07. The van der Waals surface area contributed by atoms with Crippen molar-refractivity contribution >= 4 is 22.6 Å².